The number of rotatable bonds is 5. The Labute approximate surface area is 160 Å². The van der Waals surface area contributed by atoms with Crippen molar-refractivity contribution >= 4 is 50.7 Å². The van der Waals surface area contributed by atoms with Gasteiger partial charge in [-0.05, 0) is 52.2 Å². The average Bonchev–Trinajstić information content (AvgIpc) is 2.53. The van der Waals surface area contributed by atoms with Crippen LogP contribution in [-0.4, -0.2) is 5.91 Å². The van der Waals surface area contributed by atoms with Crippen LogP contribution in [0.5, 0.6) is 11.5 Å². The lowest BCUT2D eigenvalue weighted by Crippen LogP contribution is -2.17. The fourth-order valence-corrected chi connectivity index (χ4v) is 3.03. The minimum Gasteiger partial charge on any atom is -0.454 e. The molecule has 2 rings (SSSR count). The summed E-state index contributed by atoms with van der Waals surface area (Å²) in [4.78, 5) is 11.8. The van der Waals surface area contributed by atoms with Crippen LogP contribution < -0.4 is 10.1 Å². The molecule has 0 saturated carbocycles. The maximum Gasteiger partial charge on any atom is 0.226 e. The molecule has 0 unspecified atom stereocenters. The second kappa shape index (κ2) is 8.24. The van der Waals surface area contributed by atoms with Gasteiger partial charge in [0.1, 0.15) is 5.75 Å². The maximum absolute atomic E-state index is 11.8. The summed E-state index contributed by atoms with van der Waals surface area (Å²) in [5.74, 6) is 0.860. The van der Waals surface area contributed by atoms with Crippen molar-refractivity contribution in [3.63, 3.8) is 0 Å². The third-order valence-electron chi connectivity index (χ3n) is 3.45. The molecule has 0 radical (unpaired) electrons. The van der Waals surface area contributed by atoms with Crippen LogP contribution in [0.3, 0.4) is 0 Å². The van der Waals surface area contributed by atoms with E-state index in [2.05, 4.69) is 21.2 Å². The first-order valence-electron chi connectivity index (χ1n) is 7.58. The first-order valence-corrected chi connectivity index (χ1v) is 9.13. The van der Waals surface area contributed by atoms with Crippen LogP contribution in [0.1, 0.15) is 26.3 Å². The Morgan fingerprint density at radius 1 is 1.25 bits per heavy atom. The number of amides is 1. The molecule has 0 aliphatic heterocycles. The quantitative estimate of drug-likeness (QED) is 0.572. The van der Waals surface area contributed by atoms with Gasteiger partial charge >= 0.3 is 0 Å². The van der Waals surface area contributed by atoms with Gasteiger partial charge in [0.15, 0.2) is 5.75 Å². The fraction of sp³-hybridized carbons (Fsp3) is 0.278. The normalized spacial score (nSPS) is 10.8. The second-order valence-electron chi connectivity index (χ2n) is 5.59. The van der Waals surface area contributed by atoms with Crippen molar-refractivity contribution in [3.05, 3.63) is 50.4 Å². The van der Waals surface area contributed by atoms with Crippen molar-refractivity contribution < 1.29 is 9.53 Å². The van der Waals surface area contributed by atoms with Crippen molar-refractivity contribution in [3.8, 4) is 11.5 Å². The van der Waals surface area contributed by atoms with E-state index in [9.17, 15) is 4.79 Å². The van der Waals surface area contributed by atoms with Crippen molar-refractivity contribution in [2.24, 2.45) is 5.92 Å². The zero-order valence-electron chi connectivity index (χ0n) is 13.6. The van der Waals surface area contributed by atoms with E-state index in [4.69, 9.17) is 27.9 Å². The average molecular weight is 431 g/mol. The van der Waals surface area contributed by atoms with Gasteiger partial charge in [-0.3, -0.25) is 4.79 Å². The summed E-state index contributed by atoms with van der Waals surface area (Å²) in [5, 5.41) is 3.81. The van der Waals surface area contributed by atoms with Gasteiger partial charge in [-0.1, -0.05) is 50.0 Å². The number of aryl methyl sites for hydroxylation is 1. The van der Waals surface area contributed by atoms with E-state index in [1.54, 1.807) is 24.3 Å². The molecule has 24 heavy (non-hydrogen) atoms. The molecular formula is C18H18BrCl2NO2. The predicted molar refractivity (Wildman–Crippen MR) is 104 cm³/mol. The van der Waals surface area contributed by atoms with Gasteiger partial charge in [0.2, 0.25) is 5.91 Å². The highest BCUT2D eigenvalue weighted by molar-refractivity contribution is 9.10. The molecule has 2 aromatic rings. The first-order chi connectivity index (χ1) is 11.3. The number of hydrogen-bond donors (Lipinski definition) is 1. The summed E-state index contributed by atoms with van der Waals surface area (Å²) in [7, 11) is 0. The number of hydrogen-bond acceptors (Lipinski definition) is 2. The minimum atomic E-state index is -0.0952. The topological polar surface area (TPSA) is 38.3 Å². The maximum atomic E-state index is 11.8. The molecule has 1 N–H and O–H groups in total. The largest absolute Gasteiger partial charge is 0.454 e. The van der Waals surface area contributed by atoms with Crippen molar-refractivity contribution in [1.82, 2.24) is 0 Å². The lowest BCUT2D eigenvalue weighted by molar-refractivity contribution is -0.118. The number of anilines is 1. The highest BCUT2D eigenvalue weighted by Crippen LogP contribution is 2.40. The molecule has 0 bridgehead atoms. The third kappa shape index (κ3) is 4.44. The van der Waals surface area contributed by atoms with E-state index in [1.165, 1.54) is 0 Å². The highest BCUT2D eigenvalue weighted by atomic mass is 79.9. The lowest BCUT2D eigenvalue weighted by atomic mass is 10.1. The van der Waals surface area contributed by atoms with Crippen LogP contribution in [0, 0.1) is 5.92 Å². The lowest BCUT2D eigenvalue weighted by Gasteiger charge is -2.14. The first kappa shape index (κ1) is 19.1. The Bertz CT molecular complexity index is 763. The Kier molecular flexibility index (Phi) is 6.55. The van der Waals surface area contributed by atoms with Crippen LogP contribution in [-0.2, 0) is 11.2 Å². The zero-order chi connectivity index (χ0) is 17.9. The van der Waals surface area contributed by atoms with E-state index in [1.807, 2.05) is 26.8 Å². The van der Waals surface area contributed by atoms with E-state index in [-0.39, 0.29) is 11.8 Å². The van der Waals surface area contributed by atoms with Crippen LogP contribution >= 0.6 is 39.1 Å². The van der Waals surface area contributed by atoms with Gasteiger partial charge in [0.25, 0.3) is 0 Å². The number of halogens is 3. The Morgan fingerprint density at radius 2 is 1.96 bits per heavy atom. The molecule has 0 atom stereocenters. The van der Waals surface area contributed by atoms with Crippen LogP contribution in [0.2, 0.25) is 10.0 Å². The molecular weight excluding hydrogens is 413 g/mol. The van der Waals surface area contributed by atoms with Crippen LogP contribution in [0.25, 0.3) is 0 Å². The molecule has 128 valence electrons. The van der Waals surface area contributed by atoms with E-state index in [0.29, 0.717) is 31.7 Å². The van der Waals surface area contributed by atoms with E-state index in [0.717, 1.165) is 12.0 Å². The summed E-state index contributed by atoms with van der Waals surface area (Å²) in [6.07, 6.45) is 0.788. The van der Waals surface area contributed by atoms with Crippen molar-refractivity contribution in [1.29, 1.82) is 0 Å². The van der Waals surface area contributed by atoms with Gasteiger partial charge in [0, 0.05) is 10.4 Å². The molecule has 0 aliphatic rings. The molecule has 0 heterocycles. The fourth-order valence-electron chi connectivity index (χ4n) is 2.00. The number of carbonyl (C=O) groups is 1. The predicted octanol–water partition coefficient (Wildman–Crippen LogP) is 6.71. The molecule has 2 aromatic carbocycles. The SMILES string of the molecule is CCc1ccc(Cl)c(Oc2ccc(NC(=O)C(C)C)c(Br)c2)c1Cl. The molecule has 1 amide bonds. The van der Waals surface area contributed by atoms with E-state index >= 15 is 0 Å². The Hall–Kier alpha value is -1.23. The van der Waals surface area contributed by atoms with Crippen LogP contribution in [0.4, 0.5) is 5.69 Å². The summed E-state index contributed by atoms with van der Waals surface area (Å²) >= 11 is 16.0. The van der Waals surface area contributed by atoms with Crippen molar-refractivity contribution in [2.75, 3.05) is 5.32 Å². The summed E-state index contributed by atoms with van der Waals surface area (Å²) < 4.78 is 6.58. The van der Waals surface area contributed by atoms with Gasteiger partial charge in [0.05, 0.1) is 15.7 Å². The second-order valence-corrected chi connectivity index (χ2v) is 7.23. The summed E-state index contributed by atoms with van der Waals surface area (Å²) in [6.45, 7) is 5.69. The highest BCUT2D eigenvalue weighted by Gasteiger charge is 2.14. The van der Waals surface area contributed by atoms with Gasteiger partial charge in [-0.2, -0.15) is 0 Å². The van der Waals surface area contributed by atoms with E-state index < -0.39 is 0 Å². The molecule has 6 heteroatoms. The molecule has 0 aliphatic carbocycles. The molecule has 0 fully saturated rings. The van der Waals surface area contributed by atoms with Gasteiger partial charge < -0.3 is 10.1 Å². The Morgan fingerprint density at radius 3 is 2.54 bits per heavy atom. The summed E-state index contributed by atoms with van der Waals surface area (Å²) in [6, 6.07) is 8.95. The molecule has 0 aromatic heterocycles. The Balaban J connectivity index is 2.26. The number of benzene rings is 2. The van der Waals surface area contributed by atoms with Gasteiger partial charge in [-0.25, -0.2) is 0 Å². The monoisotopic (exact) mass is 429 g/mol. The smallest absolute Gasteiger partial charge is 0.226 e. The van der Waals surface area contributed by atoms with Crippen LogP contribution in [0.15, 0.2) is 34.8 Å². The third-order valence-corrected chi connectivity index (χ3v) is 4.82. The molecule has 3 nitrogen and oxygen atoms in total. The summed E-state index contributed by atoms with van der Waals surface area (Å²) in [5.41, 5.74) is 1.65. The van der Waals surface area contributed by atoms with Crippen molar-refractivity contribution in [2.45, 2.75) is 27.2 Å². The molecule has 0 saturated heterocycles. The number of nitrogens with one attached hydrogen (secondary N) is 1. The zero-order valence-corrected chi connectivity index (χ0v) is 16.7. The minimum absolute atomic E-state index is 0.0499. The molecule has 0 spiro atoms. The van der Waals surface area contributed by atoms with Gasteiger partial charge in [-0.15, -0.1) is 0 Å². The number of ether oxygens (including phenoxy) is 1. The number of carbonyl (C=O) groups excluding carboxylic acids is 1. The standard InChI is InChI=1S/C18H18BrCl2NO2/c1-4-11-5-7-14(20)17(16(11)21)24-12-6-8-15(13(19)9-12)22-18(23)10(2)3/h5-10H,4H2,1-3H3,(H,22,23).